The van der Waals surface area contributed by atoms with Crippen LogP contribution in [0, 0.1) is 0 Å². The van der Waals surface area contributed by atoms with Crippen molar-refractivity contribution in [3.63, 3.8) is 0 Å². The number of rotatable bonds is 12. The van der Waals surface area contributed by atoms with E-state index in [0.29, 0.717) is 18.7 Å². The molecule has 0 aliphatic heterocycles. The zero-order valence-electron chi connectivity index (χ0n) is 11.9. The Morgan fingerprint density at radius 1 is 1.11 bits per heavy atom. The van der Waals surface area contributed by atoms with Gasteiger partial charge >= 0.3 is 5.97 Å². The van der Waals surface area contributed by atoms with Crippen LogP contribution in [-0.2, 0) is 9.53 Å². The van der Waals surface area contributed by atoms with Crippen molar-refractivity contribution in [1.29, 1.82) is 0 Å². The minimum Gasteiger partial charge on any atom is -0.462 e. The lowest BCUT2D eigenvalue weighted by Crippen LogP contribution is -2.05. The molecule has 0 aromatic heterocycles. The van der Waals surface area contributed by atoms with Crippen LogP contribution in [-0.4, -0.2) is 19.1 Å². The molecule has 0 N–H and O–H groups in total. The van der Waals surface area contributed by atoms with Crippen LogP contribution in [0.2, 0.25) is 0 Å². The van der Waals surface area contributed by atoms with Crippen LogP contribution in [0.4, 0.5) is 0 Å². The van der Waals surface area contributed by atoms with Crippen LogP contribution in [0.5, 0.6) is 0 Å². The van der Waals surface area contributed by atoms with E-state index in [-0.39, 0.29) is 5.97 Å². The molecule has 0 spiro atoms. The van der Waals surface area contributed by atoms with E-state index in [1.165, 1.54) is 25.7 Å². The van der Waals surface area contributed by atoms with Crippen molar-refractivity contribution in [2.24, 2.45) is 5.11 Å². The van der Waals surface area contributed by atoms with Crippen molar-refractivity contribution in [1.82, 2.24) is 0 Å². The van der Waals surface area contributed by atoms with Crippen LogP contribution in [0.3, 0.4) is 0 Å². The zero-order valence-corrected chi connectivity index (χ0v) is 11.9. The van der Waals surface area contributed by atoms with Gasteiger partial charge in [-0.05, 0) is 25.3 Å². The summed E-state index contributed by atoms with van der Waals surface area (Å²) in [6.07, 6.45) is 8.97. The Balaban J connectivity index is 3.13. The van der Waals surface area contributed by atoms with Gasteiger partial charge in [0.2, 0.25) is 0 Å². The Labute approximate surface area is 115 Å². The smallest absolute Gasteiger partial charge is 0.333 e. The maximum atomic E-state index is 11.1. The third-order valence-corrected chi connectivity index (χ3v) is 2.80. The van der Waals surface area contributed by atoms with E-state index < -0.39 is 0 Å². The molecule has 0 bridgehead atoms. The summed E-state index contributed by atoms with van der Waals surface area (Å²) < 4.78 is 5.01. The zero-order chi connectivity index (χ0) is 14.3. The molecular weight excluding hydrogens is 242 g/mol. The third-order valence-electron chi connectivity index (χ3n) is 2.80. The Bertz CT molecular complexity index is 310. The van der Waals surface area contributed by atoms with Gasteiger partial charge in [0.1, 0.15) is 0 Å². The van der Waals surface area contributed by atoms with Gasteiger partial charge in [0.15, 0.2) is 0 Å². The molecule has 0 saturated heterocycles. The molecule has 0 aromatic rings. The molecule has 0 atom stereocenters. The van der Waals surface area contributed by atoms with E-state index in [1.54, 1.807) is 6.92 Å². The first-order valence-corrected chi connectivity index (χ1v) is 7.02. The molecule has 5 nitrogen and oxygen atoms in total. The largest absolute Gasteiger partial charge is 0.462 e. The van der Waals surface area contributed by atoms with Crippen molar-refractivity contribution < 1.29 is 9.53 Å². The summed E-state index contributed by atoms with van der Waals surface area (Å²) in [7, 11) is 0. The van der Waals surface area contributed by atoms with Crippen LogP contribution in [0.1, 0.15) is 58.3 Å². The van der Waals surface area contributed by atoms with E-state index in [0.717, 1.165) is 25.7 Å². The molecule has 19 heavy (non-hydrogen) atoms. The number of hydrogen-bond donors (Lipinski definition) is 0. The standard InChI is InChI=1S/C14H25N3O2/c1-13(2)14(18)19-12-10-8-6-4-3-5-7-9-11-16-17-15/h1,3-12H2,2H3. The minimum absolute atomic E-state index is 0.292. The average Bonchev–Trinajstić information content (AvgIpc) is 2.39. The van der Waals surface area contributed by atoms with Crippen molar-refractivity contribution in [3.05, 3.63) is 22.6 Å². The van der Waals surface area contributed by atoms with Gasteiger partial charge in [-0.25, -0.2) is 4.79 Å². The lowest BCUT2D eigenvalue weighted by atomic mass is 10.1. The van der Waals surface area contributed by atoms with Gasteiger partial charge in [-0.15, -0.1) is 0 Å². The number of azide groups is 1. The molecule has 0 saturated carbocycles. The summed E-state index contributed by atoms with van der Waals surface area (Å²) >= 11 is 0. The highest BCUT2D eigenvalue weighted by Gasteiger charge is 2.01. The van der Waals surface area contributed by atoms with Gasteiger partial charge in [0, 0.05) is 17.0 Å². The fourth-order valence-corrected chi connectivity index (χ4v) is 1.68. The number of nitrogens with zero attached hydrogens (tertiary/aromatic N) is 3. The SMILES string of the molecule is C=C(C)C(=O)OCCCCCCCCCCN=[N+]=[N-]. The molecule has 0 fully saturated rings. The first-order chi connectivity index (χ1) is 9.18. The molecule has 0 aromatic carbocycles. The second kappa shape index (κ2) is 13.0. The summed E-state index contributed by atoms with van der Waals surface area (Å²) in [5, 5.41) is 3.50. The van der Waals surface area contributed by atoms with Crippen molar-refractivity contribution in [3.8, 4) is 0 Å². The van der Waals surface area contributed by atoms with E-state index >= 15 is 0 Å². The molecule has 0 amide bonds. The van der Waals surface area contributed by atoms with E-state index in [2.05, 4.69) is 16.6 Å². The number of hydrogen-bond acceptors (Lipinski definition) is 3. The Hall–Kier alpha value is -1.48. The van der Waals surface area contributed by atoms with Crippen molar-refractivity contribution >= 4 is 5.97 Å². The third kappa shape index (κ3) is 12.8. The second-order valence-electron chi connectivity index (χ2n) is 4.70. The number of esters is 1. The molecule has 0 heterocycles. The maximum Gasteiger partial charge on any atom is 0.333 e. The summed E-state index contributed by atoms with van der Waals surface area (Å²) in [5.41, 5.74) is 8.56. The number of ether oxygens (including phenoxy) is 1. The van der Waals surface area contributed by atoms with Crippen molar-refractivity contribution in [2.45, 2.75) is 58.3 Å². The number of unbranched alkanes of at least 4 members (excludes halogenated alkanes) is 7. The normalized spacial score (nSPS) is 9.74. The fourth-order valence-electron chi connectivity index (χ4n) is 1.68. The molecule has 0 unspecified atom stereocenters. The Kier molecular flexibility index (Phi) is 12.0. The van der Waals surface area contributed by atoms with Gasteiger partial charge < -0.3 is 4.74 Å². The topological polar surface area (TPSA) is 75.1 Å². The molecule has 0 aliphatic rings. The summed E-state index contributed by atoms with van der Waals surface area (Å²) in [6.45, 7) is 6.30. The Morgan fingerprint density at radius 3 is 2.16 bits per heavy atom. The predicted octanol–water partition coefficient (Wildman–Crippen LogP) is 4.54. The first kappa shape index (κ1) is 17.5. The van der Waals surface area contributed by atoms with Gasteiger partial charge in [-0.1, -0.05) is 50.2 Å². The van der Waals surface area contributed by atoms with E-state index in [1.807, 2.05) is 0 Å². The summed E-state index contributed by atoms with van der Waals surface area (Å²) in [4.78, 5) is 13.8. The second-order valence-corrected chi connectivity index (χ2v) is 4.70. The molecule has 108 valence electrons. The van der Waals surface area contributed by atoms with Crippen LogP contribution in [0.15, 0.2) is 17.3 Å². The monoisotopic (exact) mass is 267 g/mol. The van der Waals surface area contributed by atoms with Gasteiger partial charge in [-0.2, -0.15) is 0 Å². The summed E-state index contributed by atoms with van der Waals surface area (Å²) in [5.74, 6) is -0.292. The minimum atomic E-state index is -0.292. The van der Waals surface area contributed by atoms with E-state index in [4.69, 9.17) is 10.3 Å². The van der Waals surface area contributed by atoms with E-state index in [9.17, 15) is 4.79 Å². The first-order valence-electron chi connectivity index (χ1n) is 7.02. The van der Waals surface area contributed by atoms with Gasteiger partial charge in [0.25, 0.3) is 0 Å². The van der Waals surface area contributed by atoms with Gasteiger partial charge in [0.05, 0.1) is 6.61 Å². The summed E-state index contributed by atoms with van der Waals surface area (Å²) in [6, 6.07) is 0. The molecule has 0 rings (SSSR count). The lowest BCUT2D eigenvalue weighted by Gasteiger charge is -2.04. The maximum absolute atomic E-state index is 11.1. The molecule has 5 heteroatoms. The Morgan fingerprint density at radius 2 is 1.63 bits per heavy atom. The number of carbonyl (C=O) groups excluding carboxylic acids is 1. The quantitative estimate of drug-likeness (QED) is 0.130. The highest BCUT2D eigenvalue weighted by molar-refractivity contribution is 5.86. The van der Waals surface area contributed by atoms with Crippen LogP contribution >= 0.6 is 0 Å². The molecule has 0 aliphatic carbocycles. The lowest BCUT2D eigenvalue weighted by molar-refractivity contribution is -0.139. The fraction of sp³-hybridized carbons (Fsp3) is 0.786. The predicted molar refractivity (Wildman–Crippen MR) is 76.7 cm³/mol. The van der Waals surface area contributed by atoms with Gasteiger partial charge in [-0.3, -0.25) is 0 Å². The average molecular weight is 267 g/mol. The number of carbonyl (C=O) groups is 1. The molecular formula is C14H25N3O2. The highest BCUT2D eigenvalue weighted by atomic mass is 16.5. The van der Waals surface area contributed by atoms with Crippen LogP contribution in [0.25, 0.3) is 10.4 Å². The van der Waals surface area contributed by atoms with Crippen LogP contribution < -0.4 is 0 Å². The molecule has 0 radical (unpaired) electrons. The van der Waals surface area contributed by atoms with Crippen molar-refractivity contribution in [2.75, 3.05) is 13.2 Å². The highest BCUT2D eigenvalue weighted by Crippen LogP contribution is 2.09.